The van der Waals surface area contributed by atoms with Gasteiger partial charge in [0.05, 0.1) is 12.8 Å². The van der Waals surface area contributed by atoms with Gasteiger partial charge in [0.2, 0.25) is 0 Å². The van der Waals surface area contributed by atoms with Crippen LogP contribution in [-0.4, -0.2) is 22.7 Å². The molecule has 31 heavy (non-hydrogen) atoms. The molecular weight excluding hydrogens is 393 g/mol. The second-order valence-electron chi connectivity index (χ2n) is 8.39. The number of aromatic nitrogens is 2. The van der Waals surface area contributed by atoms with Crippen LogP contribution in [0.3, 0.4) is 0 Å². The number of hydrogen-bond acceptors (Lipinski definition) is 4. The zero-order valence-corrected chi connectivity index (χ0v) is 17.8. The monoisotopic (exact) mass is 417 g/mol. The van der Waals surface area contributed by atoms with E-state index in [-0.39, 0.29) is 23.6 Å². The van der Waals surface area contributed by atoms with E-state index >= 15 is 0 Å². The van der Waals surface area contributed by atoms with Gasteiger partial charge in [0, 0.05) is 23.3 Å². The van der Waals surface area contributed by atoms with Crippen LogP contribution in [0.15, 0.2) is 59.8 Å². The third-order valence-electron chi connectivity index (χ3n) is 6.13. The van der Waals surface area contributed by atoms with E-state index in [9.17, 15) is 9.18 Å². The van der Waals surface area contributed by atoms with Gasteiger partial charge in [-0.1, -0.05) is 31.2 Å². The molecule has 0 spiro atoms. The van der Waals surface area contributed by atoms with E-state index in [1.807, 2.05) is 35.9 Å². The van der Waals surface area contributed by atoms with E-state index < -0.39 is 0 Å². The number of nitrogens with one attached hydrogen (secondary N) is 1. The Morgan fingerprint density at radius 2 is 1.94 bits per heavy atom. The van der Waals surface area contributed by atoms with Crippen LogP contribution in [0.25, 0.3) is 11.1 Å². The van der Waals surface area contributed by atoms with Crippen LogP contribution >= 0.6 is 0 Å². The number of hydrogen-bond donors (Lipinski definition) is 1. The Bertz CT molecular complexity index is 1210. The number of ketones is 1. The van der Waals surface area contributed by atoms with E-state index in [0.717, 1.165) is 51.6 Å². The van der Waals surface area contributed by atoms with Crippen molar-refractivity contribution in [2.75, 3.05) is 12.4 Å². The topological polar surface area (TPSA) is 56.1 Å². The average Bonchev–Trinajstić information content (AvgIpc) is 3.08. The Balaban J connectivity index is 1.74. The molecule has 0 amide bonds. The number of methoxy groups -OCH3 is 1. The molecule has 2 atom stereocenters. The van der Waals surface area contributed by atoms with Crippen LogP contribution in [-0.2, 0) is 4.79 Å². The van der Waals surface area contributed by atoms with Gasteiger partial charge in [0.1, 0.15) is 23.4 Å². The molecule has 1 N–H and O–H groups in total. The van der Waals surface area contributed by atoms with E-state index in [2.05, 4.69) is 12.2 Å². The number of carbonyl (C=O) groups is 1. The Morgan fingerprint density at radius 3 is 2.68 bits per heavy atom. The predicted octanol–water partition coefficient (Wildman–Crippen LogP) is 5.27. The first kappa shape index (κ1) is 19.5. The summed E-state index contributed by atoms with van der Waals surface area (Å²) in [5, 5.41) is 8.37. The number of aryl methyl sites for hydroxylation is 1. The first-order valence-corrected chi connectivity index (χ1v) is 10.5. The van der Waals surface area contributed by atoms with Gasteiger partial charge >= 0.3 is 0 Å². The number of fused-ring (bicyclic) bond motifs is 1. The van der Waals surface area contributed by atoms with E-state index in [1.54, 1.807) is 19.2 Å². The van der Waals surface area contributed by atoms with Crippen LogP contribution < -0.4 is 10.1 Å². The highest BCUT2D eigenvalue weighted by Gasteiger charge is 2.39. The maximum atomic E-state index is 13.5. The smallest absolute Gasteiger partial charge is 0.163 e. The van der Waals surface area contributed by atoms with Crippen molar-refractivity contribution in [3.8, 4) is 16.9 Å². The summed E-state index contributed by atoms with van der Waals surface area (Å²) < 4.78 is 20.9. The van der Waals surface area contributed by atoms with Crippen molar-refractivity contribution in [1.29, 1.82) is 0 Å². The summed E-state index contributed by atoms with van der Waals surface area (Å²) in [6.07, 6.45) is 1.33. The molecule has 6 heteroatoms. The highest BCUT2D eigenvalue weighted by Crippen LogP contribution is 2.46. The summed E-state index contributed by atoms with van der Waals surface area (Å²) in [6, 6.07) is 13.9. The summed E-state index contributed by atoms with van der Waals surface area (Å²) >= 11 is 0. The normalized spacial score (nSPS) is 20.2. The maximum Gasteiger partial charge on any atom is 0.163 e. The third kappa shape index (κ3) is 3.23. The first-order valence-electron chi connectivity index (χ1n) is 10.5. The average molecular weight is 417 g/mol. The number of carbonyl (C=O) groups excluding carboxylic acids is 1. The van der Waals surface area contributed by atoms with Crippen molar-refractivity contribution in [3.63, 3.8) is 0 Å². The van der Waals surface area contributed by atoms with Crippen LogP contribution in [0.5, 0.6) is 5.75 Å². The summed E-state index contributed by atoms with van der Waals surface area (Å²) in [5.74, 6) is 1.71. The van der Waals surface area contributed by atoms with E-state index in [0.29, 0.717) is 6.42 Å². The van der Waals surface area contributed by atoms with Crippen LogP contribution in [0.1, 0.15) is 37.1 Å². The van der Waals surface area contributed by atoms with Crippen molar-refractivity contribution < 1.29 is 13.9 Å². The number of ether oxygens (including phenoxy) is 1. The fourth-order valence-electron chi connectivity index (χ4n) is 4.76. The second kappa shape index (κ2) is 7.38. The zero-order valence-electron chi connectivity index (χ0n) is 17.8. The predicted molar refractivity (Wildman–Crippen MR) is 118 cm³/mol. The number of nitrogens with zero attached hydrogens (tertiary/aromatic N) is 2. The fourth-order valence-corrected chi connectivity index (χ4v) is 4.76. The molecule has 1 aliphatic carbocycles. The lowest BCUT2D eigenvalue weighted by molar-refractivity contribution is -0.117. The Kier molecular flexibility index (Phi) is 4.65. The first-order chi connectivity index (χ1) is 15.0. The minimum absolute atomic E-state index is 0.149. The fraction of sp³-hybridized carbons (Fsp3) is 0.280. The molecule has 2 aromatic carbocycles. The molecule has 2 heterocycles. The van der Waals surface area contributed by atoms with Gasteiger partial charge in [-0.2, -0.15) is 5.10 Å². The number of halogens is 1. The van der Waals surface area contributed by atoms with Crippen molar-refractivity contribution in [2.24, 2.45) is 5.92 Å². The highest BCUT2D eigenvalue weighted by molar-refractivity contribution is 6.00. The summed E-state index contributed by atoms with van der Waals surface area (Å²) in [5.41, 5.74) is 5.30. The minimum Gasteiger partial charge on any atom is -0.497 e. The molecule has 0 saturated carbocycles. The summed E-state index contributed by atoms with van der Waals surface area (Å²) in [7, 11) is 1.63. The van der Waals surface area contributed by atoms with Crippen LogP contribution in [0.4, 0.5) is 10.2 Å². The van der Waals surface area contributed by atoms with Gasteiger partial charge in [-0.15, -0.1) is 0 Å². The molecule has 5 nitrogen and oxygen atoms in total. The highest BCUT2D eigenvalue weighted by atomic mass is 19.1. The van der Waals surface area contributed by atoms with Gasteiger partial charge in [-0.25, -0.2) is 9.07 Å². The number of benzene rings is 2. The minimum atomic E-state index is -0.339. The molecule has 3 aromatic rings. The van der Waals surface area contributed by atoms with Crippen LogP contribution in [0, 0.1) is 18.7 Å². The molecule has 0 bridgehead atoms. The van der Waals surface area contributed by atoms with Crippen LogP contribution in [0.2, 0.25) is 0 Å². The van der Waals surface area contributed by atoms with E-state index in [1.165, 1.54) is 12.1 Å². The molecule has 0 unspecified atom stereocenters. The standard InChI is InChI=1S/C25H24FN3O2/c1-14-11-20-23(21(30)12-14)24(17-5-4-6-19(13-17)31-3)29-25(27-20)22(15(2)28-29)16-7-9-18(26)10-8-16/h4-10,13-14,24,27H,11-12H2,1-3H3/t14-,24-/m0/s1. The summed E-state index contributed by atoms with van der Waals surface area (Å²) in [6.45, 7) is 4.04. The second-order valence-corrected chi connectivity index (χ2v) is 8.39. The zero-order chi connectivity index (χ0) is 21.7. The Labute approximate surface area is 180 Å². The lowest BCUT2D eigenvalue weighted by atomic mass is 9.81. The maximum absolute atomic E-state index is 13.5. The van der Waals surface area contributed by atoms with Crippen molar-refractivity contribution in [1.82, 2.24) is 9.78 Å². The lowest BCUT2D eigenvalue weighted by Crippen LogP contribution is -2.33. The van der Waals surface area contributed by atoms with Gasteiger partial charge in [0.15, 0.2) is 5.78 Å². The number of anilines is 1. The Morgan fingerprint density at radius 1 is 1.16 bits per heavy atom. The van der Waals surface area contributed by atoms with E-state index in [4.69, 9.17) is 9.84 Å². The molecule has 0 radical (unpaired) electrons. The van der Waals surface area contributed by atoms with Gasteiger partial charge < -0.3 is 10.1 Å². The Hall–Kier alpha value is -3.41. The lowest BCUT2D eigenvalue weighted by Gasteiger charge is -2.35. The molecule has 158 valence electrons. The summed E-state index contributed by atoms with van der Waals surface area (Å²) in [4.78, 5) is 13.2. The SMILES string of the molecule is COc1cccc([C@H]2C3=C(C[C@H](C)CC3=O)Nc3c(-c4ccc(F)cc4)c(C)nn32)c1. The van der Waals surface area contributed by atoms with Crippen molar-refractivity contribution in [3.05, 3.63) is 76.9 Å². The molecule has 0 fully saturated rings. The number of Topliss-reactive ketones (excluding diaryl/α,β-unsaturated/α-hetero) is 1. The number of rotatable bonds is 3. The van der Waals surface area contributed by atoms with Gasteiger partial charge in [-0.05, 0) is 54.7 Å². The quantitative estimate of drug-likeness (QED) is 0.630. The molecular formula is C25H24FN3O2. The van der Waals surface area contributed by atoms with Gasteiger partial charge in [-0.3, -0.25) is 4.79 Å². The molecule has 0 saturated heterocycles. The molecule has 1 aromatic heterocycles. The van der Waals surface area contributed by atoms with Gasteiger partial charge in [0.25, 0.3) is 0 Å². The molecule has 2 aliphatic rings. The number of allylic oxidation sites excluding steroid dienone is 2. The largest absolute Gasteiger partial charge is 0.497 e. The van der Waals surface area contributed by atoms with Crippen molar-refractivity contribution >= 4 is 11.6 Å². The molecule has 5 rings (SSSR count). The molecule has 1 aliphatic heterocycles. The van der Waals surface area contributed by atoms with Crippen molar-refractivity contribution in [2.45, 2.75) is 32.7 Å². The third-order valence-corrected chi connectivity index (χ3v) is 6.13.